The number of hydrogen-bond acceptors (Lipinski definition) is 6. The number of hydrogen-bond donors (Lipinski definition) is 1. The van der Waals surface area contributed by atoms with Gasteiger partial charge in [-0.15, -0.1) is 10.2 Å². The highest BCUT2D eigenvalue weighted by Crippen LogP contribution is 2.37. The van der Waals surface area contributed by atoms with Crippen LogP contribution in [0.2, 0.25) is 0 Å². The number of nitrogens with one attached hydrogen (secondary N) is 1. The van der Waals surface area contributed by atoms with Crippen molar-refractivity contribution >= 4 is 23.4 Å². The van der Waals surface area contributed by atoms with Gasteiger partial charge in [0.1, 0.15) is 19.5 Å². The molecule has 7 nitrogen and oxygen atoms in total. The average molecular weight is 332 g/mol. The van der Waals surface area contributed by atoms with Crippen molar-refractivity contribution in [1.82, 2.24) is 14.8 Å². The molecular formula is C15H16N4O3S. The summed E-state index contributed by atoms with van der Waals surface area (Å²) in [4.78, 5) is 12.1. The van der Waals surface area contributed by atoms with E-state index in [2.05, 4.69) is 15.5 Å². The van der Waals surface area contributed by atoms with E-state index in [4.69, 9.17) is 9.47 Å². The lowest BCUT2D eigenvalue weighted by molar-refractivity contribution is -0.113. The van der Waals surface area contributed by atoms with E-state index in [1.54, 1.807) is 18.5 Å². The van der Waals surface area contributed by atoms with E-state index in [1.165, 1.54) is 11.8 Å². The fourth-order valence-corrected chi connectivity index (χ4v) is 3.17. The summed E-state index contributed by atoms with van der Waals surface area (Å²) in [7, 11) is 0. The largest absolute Gasteiger partial charge is 0.486 e. The van der Waals surface area contributed by atoms with Crippen LogP contribution in [0.4, 0.5) is 5.69 Å². The first-order valence-electron chi connectivity index (χ1n) is 7.51. The van der Waals surface area contributed by atoms with Crippen LogP contribution in [0.5, 0.6) is 11.5 Å². The van der Waals surface area contributed by atoms with E-state index in [-0.39, 0.29) is 5.91 Å². The SMILES string of the molecule is O=C(CSc1nncn1C1CC1)Nc1ccc2c(c1)OCCO2. The molecule has 23 heavy (non-hydrogen) atoms. The molecular weight excluding hydrogens is 316 g/mol. The summed E-state index contributed by atoms with van der Waals surface area (Å²) in [6.07, 6.45) is 4.06. The minimum atomic E-state index is -0.0861. The van der Waals surface area contributed by atoms with Crippen LogP contribution >= 0.6 is 11.8 Å². The van der Waals surface area contributed by atoms with Gasteiger partial charge in [-0.25, -0.2) is 0 Å². The van der Waals surface area contributed by atoms with Crippen molar-refractivity contribution in [2.75, 3.05) is 24.3 Å². The molecule has 1 amide bonds. The molecule has 0 saturated heterocycles. The number of amides is 1. The summed E-state index contributed by atoms with van der Waals surface area (Å²) in [5, 5.41) is 11.7. The highest BCUT2D eigenvalue weighted by molar-refractivity contribution is 7.99. The normalized spacial score (nSPS) is 16.2. The van der Waals surface area contributed by atoms with Crippen molar-refractivity contribution in [1.29, 1.82) is 0 Å². The lowest BCUT2D eigenvalue weighted by Crippen LogP contribution is -2.17. The van der Waals surface area contributed by atoms with Gasteiger partial charge in [-0.1, -0.05) is 11.8 Å². The molecule has 0 radical (unpaired) electrons. The minimum Gasteiger partial charge on any atom is -0.486 e. The van der Waals surface area contributed by atoms with Gasteiger partial charge in [-0.2, -0.15) is 0 Å². The average Bonchev–Trinajstić information content (AvgIpc) is 3.31. The van der Waals surface area contributed by atoms with E-state index >= 15 is 0 Å². The fraction of sp³-hybridized carbons (Fsp3) is 0.400. The van der Waals surface area contributed by atoms with Crippen molar-refractivity contribution in [2.24, 2.45) is 0 Å². The number of fused-ring (bicyclic) bond motifs is 1. The third-order valence-corrected chi connectivity index (χ3v) is 4.60. The quantitative estimate of drug-likeness (QED) is 0.845. The molecule has 8 heteroatoms. The molecule has 0 unspecified atom stereocenters. The van der Waals surface area contributed by atoms with E-state index in [9.17, 15) is 4.79 Å². The summed E-state index contributed by atoms with van der Waals surface area (Å²) >= 11 is 1.40. The Morgan fingerprint density at radius 2 is 2.13 bits per heavy atom. The molecule has 1 aliphatic carbocycles. The molecule has 1 fully saturated rings. The van der Waals surface area contributed by atoms with E-state index in [0.717, 1.165) is 18.0 Å². The van der Waals surface area contributed by atoms with Crippen LogP contribution < -0.4 is 14.8 Å². The molecule has 2 aliphatic rings. The zero-order chi connectivity index (χ0) is 15.6. The third kappa shape index (κ3) is 3.26. The van der Waals surface area contributed by atoms with Gasteiger partial charge in [0.2, 0.25) is 5.91 Å². The smallest absolute Gasteiger partial charge is 0.234 e. The Bertz CT molecular complexity index is 729. The number of carbonyl (C=O) groups is 1. The van der Waals surface area contributed by atoms with E-state index < -0.39 is 0 Å². The second kappa shape index (κ2) is 6.11. The topological polar surface area (TPSA) is 78.3 Å². The number of rotatable bonds is 5. The van der Waals surface area contributed by atoms with Gasteiger partial charge >= 0.3 is 0 Å². The number of nitrogens with zero attached hydrogens (tertiary/aromatic N) is 3. The Hall–Kier alpha value is -2.22. The molecule has 0 bridgehead atoms. The Morgan fingerprint density at radius 3 is 2.96 bits per heavy atom. The van der Waals surface area contributed by atoms with Crippen LogP contribution in [0.1, 0.15) is 18.9 Å². The van der Waals surface area contributed by atoms with Crippen molar-refractivity contribution in [3.63, 3.8) is 0 Å². The van der Waals surface area contributed by atoms with Gasteiger partial charge < -0.3 is 19.4 Å². The molecule has 2 aromatic rings. The number of aromatic nitrogens is 3. The maximum atomic E-state index is 12.1. The van der Waals surface area contributed by atoms with Crippen LogP contribution in [0.3, 0.4) is 0 Å². The van der Waals surface area contributed by atoms with Crippen molar-refractivity contribution in [3.05, 3.63) is 24.5 Å². The predicted molar refractivity (Wildman–Crippen MR) is 85.1 cm³/mol. The zero-order valence-electron chi connectivity index (χ0n) is 12.4. The van der Waals surface area contributed by atoms with Gasteiger partial charge in [0.15, 0.2) is 16.7 Å². The first-order valence-corrected chi connectivity index (χ1v) is 8.50. The van der Waals surface area contributed by atoms with Crippen LogP contribution in [0.25, 0.3) is 0 Å². The van der Waals surface area contributed by atoms with Crippen LogP contribution in [0, 0.1) is 0 Å². The Kier molecular flexibility index (Phi) is 3.82. The molecule has 1 aromatic heterocycles. The fourth-order valence-electron chi connectivity index (χ4n) is 2.39. The van der Waals surface area contributed by atoms with Crippen molar-refractivity contribution in [3.8, 4) is 11.5 Å². The monoisotopic (exact) mass is 332 g/mol. The Morgan fingerprint density at radius 1 is 1.30 bits per heavy atom. The van der Waals surface area contributed by atoms with Gasteiger partial charge in [0, 0.05) is 17.8 Å². The van der Waals surface area contributed by atoms with Gasteiger partial charge in [0.05, 0.1) is 5.75 Å². The second-order valence-corrected chi connectivity index (χ2v) is 6.39. The summed E-state index contributed by atoms with van der Waals surface area (Å²) < 4.78 is 13.0. The number of carbonyl (C=O) groups excluding carboxylic acids is 1. The number of ether oxygens (including phenoxy) is 2. The lowest BCUT2D eigenvalue weighted by Gasteiger charge is -2.18. The van der Waals surface area contributed by atoms with Crippen molar-refractivity contribution in [2.45, 2.75) is 24.0 Å². The minimum absolute atomic E-state index is 0.0861. The van der Waals surface area contributed by atoms with Gasteiger partial charge in [-0.05, 0) is 25.0 Å². The Balaban J connectivity index is 1.35. The maximum absolute atomic E-state index is 12.1. The summed E-state index contributed by atoms with van der Waals surface area (Å²) in [6, 6.07) is 5.90. The van der Waals surface area contributed by atoms with Crippen LogP contribution in [-0.4, -0.2) is 39.6 Å². The number of benzene rings is 1. The molecule has 1 aromatic carbocycles. The molecule has 0 atom stereocenters. The standard InChI is InChI=1S/C15H16N4O3S/c20-14(8-23-15-18-16-9-19(15)11-2-3-11)17-10-1-4-12-13(7-10)22-6-5-21-12/h1,4,7,9,11H,2-3,5-6,8H2,(H,17,20). The zero-order valence-corrected chi connectivity index (χ0v) is 13.2. The van der Waals surface area contributed by atoms with Gasteiger partial charge in [0.25, 0.3) is 0 Å². The first-order chi connectivity index (χ1) is 11.3. The summed E-state index contributed by atoms with van der Waals surface area (Å²) in [6.45, 7) is 1.08. The lowest BCUT2D eigenvalue weighted by atomic mass is 10.2. The molecule has 1 aliphatic heterocycles. The number of anilines is 1. The maximum Gasteiger partial charge on any atom is 0.234 e. The van der Waals surface area contributed by atoms with Crippen LogP contribution in [0.15, 0.2) is 29.7 Å². The molecule has 0 spiro atoms. The number of thioether (sulfide) groups is 1. The third-order valence-electron chi connectivity index (χ3n) is 3.64. The molecule has 4 rings (SSSR count). The highest BCUT2D eigenvalue weighted by atomic mass is 32.2. The summed E-state index contributed by atoms with van der Waals surface area (Å²) in [5.41, 5.74) is 0.698. The van der Waals surface area contributed by atoms with Gasteiger partial charge in [-0.3, -0.25) is 4.79 Å². The second-order valence-electron chi connectivity index (χ2n) is 5.45. The Labute approximate surface area is 137 Å². The van der Waals surface area contributed by atoms with E-state index in [1.807, 2.05) is 10.6 Å². The van der Waals surface area contributed by atoms with E-state index in [0.29, 0.717) is 42.2 Å². The first kappa shape index (κ1) is 14.4. The molecule has 1 saturated carbocycles. The van der Waals surface area contributed by atoms with Crippen molar-refractivity contribution < 1.29 is 14.3 Å². The molecule has 1 N–H and O–H groups in total. The molecule has 120 valence electrons. The predicted octanol–water partition coefficient (Wildman–Crippen LogP) is 2.11. The summed E-state index contributed by atoms with van der Waals surface area (Å²) in [5.74, 6) is 1.58. The highest BCUT2D eigenvalue weighted by Gasteiger charge is 2.26. The van der Waals surface area contributed by atoms with Crippen LogP contribution in [-0.2, 0) is 4.79 Å². The molecule has 2 heterocycles.